The van der Waals surface area contributed by atoms with Gasteiger partial charge in [0.05, 0.1) is 4.92 Å². The van der Waals surface area contributed by atoms with Gasteiger partial charge in [-0.25, -0.2) is 8.42 Å². The summed E-state index contributed by atoms with van der Waals surface area (Å²) in [5, 5.41) is 11.2. The summed E-state index contributed by atoms with van der Waals surface area (Å²) >= 11 is 0. The summed E-state index contributed by atoms with van der Waals surface area (Å²) in [6.07, 6.45) is 0. The van der Waals surface area contributed by atoms with Gasteiger partial charge in [-0.2, -0.15) is 4.31 Å². The van der Waals surface area contributed by atoms with Crippen molar-refractivity contribution >= 4 is 27.3 Å². The number of carbonyl (C=O) groups excluding carboxylic acids is 1. The standard InChI is InChI=1S/C19H22N4O5S/c1-20(2)16-7-5-6-15(14-16)19(24)21-10-12-22(13-11-21)29(27,28)18-9-4-3-8-17(18)23(25)26/h3-9,14H,10-13H2,1-2H3. The number of piperazine rings is 1. The number of hydrogen-bond donors (Lipinski definition) is 0. The first-order valence-electron chi connectivity index (χ1n) is 9.02. The molecule has 1 amide bonds. The van der Waals surface area contributed by atoms with Crippen molar-refractivity contribution in [1.29, 1.82) is 0 Å². The minimum absolute atomic E-state index is 0.0769. The van der Waals surface area contributed by atoms with Crippen molar-refractivity contribution in [1.82, 2.24) is 9.21 Å². The number of anilines is 1. The maximum absolute atomic E-state index is 12.9. The number of nitro benzene ring substituents is 1. The zero-order valence-corrected chi connectivity index (χ0v) is 17.0. The molecule has 0 spiro atoms. The molecule has 0 radical (unpaired) electrons. The van der Waals surface area contributed by atoms with Gasteiger partial charge in [-0.3, -0.25) is 14.9 Å². The maximum Gasteiger partial charge on any atom is 0.289 e. The summed E-state index contributed by atoms with van der Waals surface area (Å²) in [4.78, 5) is 26.4. The number of nitro groups is 1. The lowest BCUT2D eigenvalue weighted by Crippen LogP contribution is -2.50. The van der Waals surface area contributed by atoms with Gasteiger partial charge in [0.25, 0.3) is 11.6 Å². The topological polar surface area (TPSA) is 104 Å². The third-order valence-electron chi connectivity index (χ3n) is 4.82. The van der Waals surface area contributed by atoms with E-state index in [2.05, 4.69) is 0 Å². The van der Waals surface area contributed by atoms with Crippen molar-refractivity contribution in [2.45, 2.75) is 4.90 Å². The smallest absolute Gasteiger partial charge is 0.289 e. The third kappa shape index (κ3) is 4.22. The lowest BCUT2D eigenvalue weighted by molar-refractivity contribution is -0.387. The van der Waals surface area contributed by atoms with E-state index in [1.54, 1.807) is 23.1 Å². The number of amides is 1. The lowest BCUT2D eigenvalue weighted by Gasteiger charge is -2.34. The fraction of sp³-hybridized carbons (Fsp3) is 0.316. The Morgan fingerprint density at radius 3 is 2.31 bits per heavy atom. The summed E-state index contributed by atoms with van der Waals surface area (Å²) in [6.45, 7) is 0.580. The summed E-state index contributed by atoms with van der Waals surface area (Å²) < 4.78 is 27.0. The molecule has 0 bridgehead atoms. The number of para-hydroxylation sites is 1. The second-order valence-corrected chi connectivity index (χ2v) is 8.77. The van der Waals surface area contributed by atoms with Crippen molar-refractivity contribution in [3.63, 3.8) is 0 Å². The van der Waals surface area contributed by atoms with Gasteiger partial charge >= 0.3 is 0 Å². The Balaban J connectivity index is 1.74. The Morgan fingerprint density at radius 2 is 1.69 bits per heavy atom. The van der Waals surface area contributed by atoms with Gasteiger partial charge in [-0.15, -0.1) is 0 Å². The van der Waals surface area contributed by atoms with Crippen LogP contribution in [0.4, 0.5) is 11.4 Å². The highest BCUT2D eigenvalue weighted by atomic mass is 32.2. The Hall–Kier alpha value is -2.98. The molecule has 1 saturated heterocycles. The van der Waals surface area contributed by atoms with Crippen LogP contribution < -0.4 is 4.90 Å². The van der Waals surface area contributed by atoms with E-state index < -0.39 is 20.6 Å². The van der Waals surface area contributed by atoms with Crippen LogP contribution in [-0.2, 0) is 10.0 Å². The fourth-order valence-corrected chi connectivity index (χ4v) is 4.78. The molecule has 1 aliphatic heterocycles. The zero-order valence-electron chi connectivity index (χ0n) is 16.2. The van der Waals surface area contributed by atoms with E-state index in [4.69, 9.17) is 0 Å². The molecule has 29 heavy (non-hydrogen) atoms. The first-order valence-corrected chi connectivity index (χ1v) is 10.5. The second-order valence-electron chi connectivity index (χ2n) is 6.87. The van der Waals surface area contributed by atoms with Crippen LogP contribution in [0.5, 0.6) is 0 Å². The second kappa shape index (κ2) is 8.18. The van der Waals surface area contributed by atoms with E-state index in [0.29, 0.717) is 5.56 Å². The van der Waals surface area contributed by atoms with Crippen LogP contribution in [0.25, 0.3) is 0 Å². The van der Waals surface area contributed by atoms with E-state index >= 15 is 0 Å². The molecule has 0 saturated carbocycles. The van der Waals surface area contributed by atoms with Crippen LogP contribution in [0.15, 0.2) is 53.4 Å². The van der Waals surface area contributed by atoms with Crippen molar-refractivity contribution in [3.05, 3.63) is 64.2 Å². The monoisotopic (exact) mass is 418 g/mol. The number of carbonyl (C=O) groups is 1. The SMILES string of the molecule is CN(C)c1cccc(C(=O)N2CCN(S(=O)(=O)c3ccccc3[N+](=O)[O-])CC2)c1. The van der Waals surface area contributed by atoms with E-state index in [1.165, 1.54) is 28.6 Å². The van der Waals surface area contributed by atoms with Crippen molar-refractivity contribution in [2.24, 2.45) is 0 Å². The van der Waals surface area contributed by atoms with E-state index in [1.807, 2.05) is 25.1 Å². The van der Waals surface area contributed by atoms with Crippen molar-refractivity contribution < 1.29 is 18.1 Å². The van der Waals surface area contributed by atoms with Crippen LogP contribution in [0.2, 0.25) is 0 Å². The van der Waals surface area contributed by atoms with Crippen LogP contribution in [0, 0.1) is 10.1 Å². The van der Waals surface area contributed by atoms with Gasteiger partial charge in [0, 0.05) is 57.6 Å². The molecule has 1 fully saturated rings. The minimum atomic E-state index is -4.02. The number of rotatable bonds is 5. The molecule has 0 unspecified atom stereocenters. The molecule has 154 valence electrons. The molecule has 0 N–H and O–H groups in total. The van der Waals surface area contributed by atoms with Crippen molar-refractivity contribution in [2.75, 3.05) is 45.2 Å². The first kappa shape index (κ1) is 20.7. The van der Waals surface area contributed by atoms with Gasteiger partial charge in [-0.05, 0) is 24.3 Å². The molecular weight excluding hydrogens is 396 g/mol. The predicted molar refractivity (Wildman–Crippen MR) is 109 cm³/mol. The number of benzene rings is 2. The molecule has 0 aromatic heterocycles. The van der Waals surface area contributed by atoms with Gasteiger partial charge in [0.15, 0.2) is 4.90 Å². The fourth-order valence-electron chi connectivity index (χ4n) is 3.20. The van der Waals surface area contributed by atoms with Crippen molar-refractivity contribution in [3.8, 4) is 0 Å². The summed E-state index contributed by atoms with van der Waals surface area (Å²) in [5.41, 5.74) is 0.978. The highest BCUT2D eigenvalue weighted by Crippen LogP contribution is 2.27. The Bertz CT molecular complexity index is 1030. The van der Waals surface area contributed by atoms with Gasteiger partial charge < -0.3 is 9.80 Å². The number of sulfonamides is 1. The quantitative estimate of drug-likeness (QED) is 0.542. The molecule has 9 nitrogen and oxygen atoms in total. The summed E-state index contributed by atoms with van der Waals surface area (Å²) in [6, 6.07) is 12.5. The normalized spacial score (nSPS) is 15.2. The molecule has 0 aliphatic carbocycles. The Kier molecular flexibility index (Phi) is 5.85. The van der Waals surface area contributed by atoms with Gasteiger partial charge in [-0.1, -0.05) is 18.2 Å². The minimum Gasteiger partial charge on any atom is -0.378 e. The number of hydrogen-bond acceptors (Lipinski definition) is 6. The highest BCUT2D eigenvalue weighted by molar-refractivity contribution is 7.89. The average molecular weight is 418 g/mol. The maximum atomic E-state index is 12.9. The molecule has 2 aromatic carbocycles. The molecular formula is C19H22N4O5S. The van der Waals surface area contributed by atoms with Crippen LogP contribution in [-0.4, -0.2) is 68.7 Å². The molecule has 0 atom stereocenters. The average Bonchev–Trinajstić information content (AvgIpc) is 2.73. The number of nitrogens with zero attached hydrogens (tertiary/aromatic N) is 4. The Morgan fingerprint density at radius 1 is 1.03 bits per heavy atom. The van der Waals surface area contributed by atoms with Crippen LogP contribution in [0.3, 0.4) is 0 Å². The largest absolute Gasteiger partial charge is 0.378 e. The zero-order chi connectivity index (χ0) is 21.2. The third-order valence-corrected chi connectivity index (χ3v) is 6.76. The lowest BCUT2D eigenvalue weighted by atomic mass is 10.1. The van der Waals surface area contributed by atoms with Gasteiger partial charge in [0.2, 0.25) is 10.0 Å². The van der Waals surface area contributed by atoms with Gasteiger partial charge in [0.1, 0.15) is 0 Å². The van der Waals surface area contributed by atoms with E-state index in [-0.39, 0.29) is 37.0 Å². The van der Waals surface area contributed by atoms with E-state index in [9.17, 15) is 23.3 Å². The highest BCUT2D eigenvalue weighted by Gasteiger charge is 2.34. The van der Waals surface area contributed by atoms with E-state index in [0.717, 1.165) is 5.69 Å². The van der Waals surface area contributed by atoms with Crippen LogP contribution in [0.1, 0.15) is 10.4 Å². The summed E-state index contributed by atoms with van der Waals surface area (Å²) in [5.74, 6) is -0.170. The molecule has 1 aliphatic rings. The molecule has 10 heteroatoms. The molecule has 3 rings (SSSR count). The predicted octanol–water partition coefficient (Wildman–Crippen LogP) is 1.81. The first-order chi connectivity index (χ1) is 13.7. The molecule has 2 aromatic rings. The van der Waals surface area contributed by atoms with Crippen LogP contribution >= 0.6 is 0 Å². The molecule has 1 heterocycles. The summed E-state index contributed by atoms with van der Waals surface area (Å²) in [7, 11) is -0.253. The Labute approximate surface area is 169 Å².